The highest BCUT2D eigenvalue weighted by atomic mass is 16.5. The van der Waals surface area contributed by atoms with Crippen molar-refractivity contribution in [3.05, 3.63) is 47.1 Å². The van der Waals surface area contributed by atoms with Crippen LogP contribution in [0.4, 0.5) is 0 Å². The first kappa shape index (κ1) is 13.3. The molecule has 0 saturated heterocycles. The highest BCUT2D eigenvalue weighted by Crippen LogP contribution is 2.36. The second-order valence-corrected chi connectivity index (χ2v) is 5.70. The third-order valence-corrected chi connectivity index (χ3v) is 3.82. The van der Waals surface area contributed by atoms with Crippen LogP contribution in [0, 0.1) is 0 Å². The fourth-order valence-corrected chi connectivity index (χ4v) is 2.80. The van der Waals surface area contributed by atoms with Crippen LogP contribution in [0.1, 0.15) is 49.0 Å². The Morgan fingerprint density at radius 3 is 3.05 bits per heavy atom. The van der Waals surface area contributed by atoms with E-state index in [2.05, 4.69) is 53.6 Å². The maximum atomic E-state index is 5.37. The number of nitrogens with zero attached hydrogens (tertiary/aromatic N) is 2. The SMILES string of the molecule is CC(C)NCCc1nc(C2CCc3ccccc32)no1. The molecule has 3 rings (SSSR count). The second-order valence-electron chi connectivity index (χ2n) is 5.70. The lowest BCUT2D eigenvalue weighted by Gasteiger charge is -2.06. The van der Waals surface area contributed by atoms with E-state index in [0.29, 0.717) is 12.0 Å². The first-order valence-electron chi connectivity index (χ1n) is 7.37. The average Bonchev–Trinajstić information content (AvgIpc) is 3.04. The van der Waals surface area contributed by atoms with Crippen molar-refractivity contribution in [3.63, 3.8) is 0 Å². The van der Waals surface area contributed by atoms with Gasteiger partial charge in [0.25, 0.3) is 0 Å². The Bertz CT molecular complexity index is 577. The van der Waals surface area contributed by atoms with E-state index in [1.54, 1.807) is 0 Å². The van der Waals surface area contributed by atoms with Crippen molar-refractivity contribution < 1.29 is 4.52 Å². The normalized spacial score (nSPS) is 17.6. The molecule has 0 spiro atoms. The molecule has 4 heteroatoms. The molecule has 0 radical (unpaired) electrons. The van der Waals surface area contributed by atoms with Gasteiger partial charge in [0.1, 0.15) is 0 Å². The van der Waals surface area contributed by atoms with Crippen LogP contribution in [-0.2, 0) is 12.8 Å². The van der Waals surface area contributed by atoms with Gasteiger partial charge >= 0.3 is 0 Å². The molecule has 0 amide bonds. The number of rotatable bonds is 5. The van der Waals surface area contributed by atoms with Crippen LogP contribution in [0.25, 0.3) is 0 Å². The van der Waals surface area contributed by atoms with E-state index in [1.807, 2.05) is 0 Å². The van der Waals surface area contributed by atoms with Crippen molar-refractivity contribution in [2.75, 3.05) is 6.54 Å². The molecule has 0 saturated carbocycles. The number of hydrogen-bond acceptors (Lipinski definition) is 4. The summed E-state index contributed by atoms with van der Waals surface area (Å²) in [4.78, 5) is 4.57. The molecule has 1 unspecified atom stereocenters. The first-order valence-corrected chi connectivity index (χ1v) is 7.37. The fraction of sp³-hybridized carbons (Fsp3) is 0.500. The maximum absolute atomic E-state index is 5.37. The lowest BCUT2D eigenvalue weighted by atomic mass is 10.0. The molecule has 106 valence electrons. The smallest absolute Gasteiger partial charge is 0.227 e. The largest absolute Gasteiger partial charge is 0.339 e. The summed E-state index contributed by atoms with van der Waals surface area (Å²) in [7, 11) is 0. The van der Waals surface area contributed by atoms with Gasteiger partial charge in [-0.25, -0.2) is 0 Å². The topological polar surface area (TPSA) is 51.0 Å². The summed E-state index contributed by atoms with van der Waals surface area (Å²) in [5.74, 6) is 1.88. The molecule has 0 bridgehead atoms. The minimum atomic E-state index is 0.307. The van der Waals surface area contributed by atoms with E-state index in [9.17, 15) is 0 Å². The van der Waals surface area contributed by atoms with Crippen molar-refractivity contribution in [2.24, 2.45) is 0 Å². The Hall–Kier alpha value is -1.68. The molecule has 1 N–H and O–H groups in total. The van der Waals surface area contributed by atoms with Gasteiger partial charge in [-0.3, -0.25) is 0 Å². The fourth-order valence-electron chi connectivity index (χ4n) is 2.80. The van der Waals surface area contributed by atoms with Gasteiger partial charge in [-0.15, -0.1) is 0 Å². The van der Waals surface area contributed by atoms with Gasteiger partial charge in [0.15, 0.2) is 5.82 Å². The summed E-state index contributed by atoms with van der Waals surface area (Å²) in [5.41, 5.74) is 2.78. The van der Waals surface area contributed by atoms with Gasteiger partial charge in [-0.05, 0) is 24.0 Å². The number of fused-ring (bicyclic) bond motifs is 1. The van der Waals surface area contributed by atoms with Crippen LogP contribution in [-0.4, -0.2) is 22.7 Å². The summed E-state index contributed by atoms with van der Waals surface area (Å²) in [5, 5.41) is 7.54. The van der Waals surface area contributed by atoms with Crippen LogP contribution >= 0.6 is 0 Å². The molecular weight excluding hydrogens is 250 g/mol. The molecule has 2 aromatic rings. The monoisotopic (exact) mass is 271 g/mol. The van der Waals surface area contributed by atoms with Gasteiger partial charge < -0.3 is 9.84 Å². The van der Waals surface area contributed by atoms with Gasteiger partial charge in [0.05, 0.1) is 0 Å². The third kappa shape index (κ3) is 2.75. The van der Waals surface area contributed by atoms with Crippen molar-refractivity contribution >= 4 is 0 Å². The van der Waals surface area contributed by atoms with Crippen LogP contribution in [0.3, 0.4) is 0 Å². The predicted molar refractivity (Wildman–Crippen MR) is 77.7 cm³/mol. The maximum Gasteiger partial charge on any atom is 0.227 e. The van der Waals surface area contributed by atoms with Gasteiger partial charge in [0.2, 0.25) is 5.89 Å². The molecule has 4 nitrogen and oxygen atoms in total. The number of benzene rings is 1. The number of aromatic nitrogens is 2. The minimum absolute atomic E-state index is 0.307. The highest BCUT2D eigenvalue weighted by Gasteiger charge is 2.27. The molecule has 1 aromatic heterocycles. The van der Waals surface area contributed by atoms with Gasteiger partial charge in [-0.1, -0.05) is 43.3 Å². The first-order chi connectivity index (χ1) is 9.74. The molecule has 1 aliphatic rings. The lowest BCUT2D eigenvalue weighted by molar-refractivity contribution is 0.367. The number of nitrogens with one attached hydrogen (secondary N) is 1. The molecule has 1 aromatic carbocycles. The van der Waals surface area contributed by atoms with Crippen LogP contribution in [0.15, 0.2) is 28.8 Å². The Balaban J connectivity index is 1.69. The summed E-state index contributed by atoms with van der Waals surface area (Å²) < 4.78 is 5.37. The van der Waals surface area contributed by atoms with Crippen LogP contribution < -0.4 is 5.32 Å². The standard InChI is InChI=1S/C16H21N3O/c1-11(2)17-10-9-15-18-16(19-20-15)14-8-7-12-5-3-4-6-13(12)14/h3-6,11,14,17H,7-10H2,1-2H3. The van der Waals surface area contributed by atoms with Crippen molar-refractivity contribution in [1.82, 2.24) is 15.5 Å². The molecule has 0 fully saturated rings. The predicted octanol–water partition coefficient (Wildman–Crippen LogP) is 2.69. The summed E-state index contributed by atoms with van der Waals surface area (Å²) in [6.07, 6.45) is 2.99. The third-order valence-electron chi connectivity index (χ3n) is 3.82. The zero-order chi connectivity index (χ0) is 13.9. The van der Waals surface area contributed by atoms with Crippen molar-refractivity contribution in [3.8, 4) is 0 Å². The molecular formula is C16H21N3O. The van der Waals surface area contributed by atoms with Gasteiger partial charge in [0, 0.05) is 24.9 Å². The van der Waals surface area contributed by atoms with Crippen molar-refractivity contribution in [2.45, 2.75) is 45.1 Å². The summed E-state index contributed by atoms with van der Waals surface area (Å²) >= 11 is 0. The van der Waals surface area contributed by atoms with E-state index >= 15 is 0 Å². The Kier molecular flexibility index (Phi) is 3.83. The zero-order valence-corrected chi connectivity index (χ0v) is 12.1. The molecule has 1 atom stereocenters. The lowest BCUT2D eigenvalue weighted by Crippen LogP contribution is -2.25. The van der Waals surface area contributed by atoms with Gasteiger partial charge in [-0.2, -0.15) is 4.98 Å². The minimum Gasteiger partial charge on any atom is -0.339 e. The molecule has 1 aliphatic carbocycles. The van der Waals surface area contributed by atoms with E-state index in [-0.39, 0.29) is 0 Å². The van der Waals surface area contributed by atoms with Crippen LogP contribution in [0.2, 0.25) is 0 Å². The molecule has 0 aliphatic heterocycles. The quantitative estimate of drug-likeness (QED) is 0.908. The second kappa shape index (κ2) is 5.75. The number of aryl methyl sites for hydroxylation is 1. The Labute approximate surface area is 119 Å². The van der Waals surface area contributed by atoms with E-state index < -0.39 is 0 Å². The molecule has 1 heterocycles. The zero-order valence-electron chi connectivity index (χ0n) is 12.1. The Morgan fingerprint density at radius 1 is 1.35 bits per heavy atom. The van der Waals surface area contributed by atoms with Crippen LogP contribution in [0.5, 0.6) is 0 Å². The summed E-state index contributed by atoms with van der Waals surface area (Å²) in [6, 6.07) is 9.05. The van der Waals surface area contributed by atoms with Crippen molar-refractivity contribution in [1.29, 1.82) is 0 Å². The average molecular weight is 271 g/mol. The van der Waals surface area contributed by atoms with E-state index in [1.165, 1.54) is 11.1 Å². The van der Waals surface area contributed by atoms with E-state index in [4.69, 9.17) is 4.52 Å². The number of hydrogen-bond donors (Lipinski definition) is 1. The Morgan fingerprint density at radius 2 is 2.20 bits per heavy atom. The molecule has 20 heavy (non-hydrogen) atoms. The highest BCUT2D eigenvalue weighted by molar-refractivity contribution is 5.38. The van der Waals surface area contributed by atoms with E-state index in [0.717, 1.165) is 37.5 Å². The summed E-state index contributed by atoms with van der Waals surface area (Å²) in [6.45, 7) is 5.14.